The lowest BCUT2D eigenvalue weighted by Crippen LogP contribution is -2.23. The summed E-state index contributed by atoms with van der Waals surface area (Å²) >= 11 is 0. The van der Waals surface area contributed by atoms with Crippen LogP contribution in [0.25, 0.3) is 0 Å². The SMILES string of the molecule is CC(NCC1C(C)(C)C1(C)C)c1cccnc1. The smallest absolute Gasteiger partial charge is 0.0315 e. The Morgan fingerprint density at radius 3 is 2.41 bits per heavy atom. The first-order chi connectivity index (χ1) is 7.87. The van der Waals surface area contributed by atoms with Crippen LogP contribution < -0.4 is 5.32 Å². The van der Waals surface area contributed by atoms with Crippen molar-refractivity contribution in [3.05, 3.63) is 30.1 Å². The Balaban J connectivity index is 1.89. The van der Waals surface area contributed by atoms with Gasteiger partial charge >= 0.3 is 0 Å². The van der Waals surface area contributed by atoms with Gasteiger partial charge in [0.05, 0.1) is 0 Å². The van der Waals surface area contributed by atoms with Crippen molar-refractivity contribution in [2.24, 2.45) is 16.7 Å². The molecule has 2 nitrogen and oxygen atoms in total. The fourth-order valence-electron chi connectivity index (χ4n) is 2.89. The lowest BCUT2D eigenvalue weighted by molar-refractivity contribution is 0.457. The van der Waals surface area contributed by atoms with Gasteiger partial charge in [-0.15, -0.1) is 0 Å². The van der Waals surface area contributed by atoms with Crippen LogP contribution in [0.15, 0.2) is 24.5 Å². The van der Waals surface area contributed by atoms with Crippen LogP contribution in [-0.4, -0.2) is 11.5 Å². The molecule has 17 heavy (non-hydrogen) atoms. The predicted molar refractivity (Wildman–Crippen MR) is 71.7 cm³/mol. The zero-order chi connectivity index (χ0) is 12.7. The van der Waals surface area contributed by atoms with Crippen LogP contribution >= 0.6 is 0 Å². The van der Waals surface area contributed by atoms with E-state index < -0.39 is 0 Å². The molecule has 1 heterocycles. The molecule has 1 fully saturated rings. The van der Waals surface area contributed by atoms with Gasteiger partial charge in [-0.25, -0.2) is 0 Å². The number of nitrogens with one attached hydrogen (secondary N) is 1. The summed E-state index contributed by atoms with van der Waals surface area (Å²) in [5.41, 5.74) is 2.20. The third-order valence-electron chi connectivity index (χ3n) is 5.13. The van der Waals surface area contributed by atoms with Gasteiger partial charge in [-0.1, -0.05) is 33.8 Å². The zero-order valence-electron chi connectivity index (χ0n) is 11.6. The number of hydrogen-bond acceptors (Lipinski definition) is 2. The van der Waals surface area contributed by atoms with E-state index in [0.29, 0.717) is 16.9 Å². The Morgan fingerprint density at radius 1 is 1.29 bits per heavy atom. The van der Waals surface area contributed by atoms with E-state index in [-0.39, 0.29) is 0 Å². The number of pyridine rings is 1. The Kier molecular flexibility index (Phi) is 3.03. The van der Waals surface area contributed by atoms with Crippen LogP contribution in [0.4, 0.5) is 0 Å². The lowest BCUT2D eigenvalue weighted by Gasteiger charge is -2.14. The molecule has 1 aromatic heterocycles. The number of aromatic nitrogens is 1. The van der Waals surface area contributed by atoms with Crippen molar-refractivity contribution >= 4 is 0 Å². The van der Waals surface area contributed by atoms with Gasteiger partial charge < -0.3 is 5.32 Å². The predicted octanol–water partition coefficient (Wildman–Crippen LogP) is 3.41. The highest BCUT2D eigenvalue weighted by Crippen LogP contribution is 2.68. The van der Waals surface area contributed by atoms with Crippen LogP contribution in [0.2, 0.25) is 0 Å². The van der Waals surface area contributed by atoms with E-state index in [4.69, 9.17) is 0 Å². The van der Waals surface area contributed by atoms with E-state index in [0.717, 1.165) is 12.5 Å². The summed E-state index contributed by atoms with van der Waals surface area (Å²) < 4.78 is 0. The minimum atomic E-state index is 0.385. The summed E-state index contributed by atoms with van der Waals surface area (Å²) in [4.78, 5) is 4.17. The molecule has 94 valence electrons. The Morgan fingerprint density at radius 2 is 1.94 bits per heavy atom. The zero-order valence-corrected chi connectivity index (χ0v) is 11.6. The van der Waals surface area contributed by atoms with Gasteiger partial charge in [0.15, 0.2) is 0 Å². The average Bonchev–Trinajstić information content (AvgIpc) is 2.68. The minimum absolute atomic E-state index is 0.385. The normalized spacial score (nSPS) is 23.4. The fraction of sp³-hybridized carbons (Fsp3) is 0.667. The molecule has 2 heteroatoms. The maximum Gasteiger partial charge on any atom is 0.0315 e. The molecule has 0 aliphatic heterocycles. The topological polar surface area (TPSA) is 24.9 Å². The molecular formula is C15H24N2. The summed E-state index contributed by atoms with van der Waals surface area (Å²) in [5, 5.41) is 3.63. The van der Waals surface area contributed by atoms with Crippen molar-refractivity contribution in [1.29, 1.82) is 0 Å². The molecule has 0 aromatic carbocycles. The molecule has 1 saturated carbocycles. The molecule has 1 aliphatic carbocycles. The van der Waals surface area contributed by atoms with Gasteiger partial charge in [-0.05, 0) is 41.8 Å². The molecule has 0 saturated heterocycles. The maximum atomic E-state index is 4.17. The Labute approximate surface area is 105 Å². The monoisotopic (exact) mass is 232 g/mol. The van der Waals surface area contributed by atoms with Crippen molar-refractivity contribution in [3.8, 4) is 0 Å². The van der Waals surface area contributed by atoms with Crippen molar-refractivity contribution in [2.45, 2.75) is 40.7 Å². The number of rotatable bonds is 4. The molecule has 2 rings (SSSR count). The van der Waals surface area contributed by atoms with E-state index in [9.17, 15) is 0 Å². The van der Waals surface area contributed by atoms with Crippen molar-refractivity contribution in [2.75, 3.05) is 6.54 Å². The van der Waals surface area contributed by atoms with Crippen molar-refractivity contribution in [1.82, 2.24) is 10.3 Å². The molecule has 0 radical (unpaired) electrons. The molecular weight excluding hydrogens is 208 g/mol. The van der Waals surface area contributed by atoms with E-state index in [1.807, 2.05) is 18.5 Å². The minimum Gasteiger partial charge on any atom is -0.310 e. The molecule has 1 atom stereocenters. The fourth-order valence-corrected chi connectivity index (χ4v) is 2.89. The standard InChI is InChI=1S/C15H24N2/c1-11(12-7-6-8-16-9-12)17-10-13-14(2,3)15(13,4)5/h6-9,11,13,17H,10H2,1-5H3. The lowest BCUT2D eigenvalue weighted by atomic mass is 10.0. The van der Waals surface area contributed by atoms with Crippen LogP contribution in [0, 0.1) is 16.7 Å². The van der Waals surface area contributed by atoms with Crippen LogP contribution in [0.1, 0.15) is 46.2 Å². The van der Waals surface area contributed by atoms with E-state index >= 15 is 0 Å². The van der Waals surface area contributed by atoms with Gasteiger partial charge in [-0.2, -0.15) is 0 Å². The van der Waals surface area contributed by atoms with Crippen LogP contribution in [0.5, 0.6) is 0 Å². The first-order valence-corrected chi connectivity index (χ1v) is 6.50. The summed E-state index contributed by atoms with van der Waals surface area (Å²) in [5.74, 6) is 0.772. The highest BCUT2D eigenvalue weighted by molar-refractivity contribution is 5.15. The number of hydrogen-bond donors (Lipinski definition) is 1. The van der Waals surface area contributed by atoms with Gasteiger partial charge in [-0.3, -0.25) is 4.98 Å². The highest BCUT2D eigenvalue weighted by Gasteiger charge is 2.63. The Bertz CT molecular complexity index is 367. The summed E-state index contributed by atoms with van der Waals surface area (Å²) in [7, 11) is 0. The van der Waals surface area contributed by atoms with Gasteiger partial charge in [0.2, 0.25) is 0 Å². The third-order valence-corrected chi connectivity index (χ3v) is 5.13. The van der Waals surface area contributed by atoms with Gasteiger partial charge in [0, 0.05) is 18.4 Å². The first kappa shape index (κ1) is 12.6. The number of nitrogens with zero attached hydrogens (tertiary/aromatic N) is 1. The quantitative estimate of drug-likeness (QED) is 0.860. The molecule has 0 bridgehead atoms. The molecule has 1 aromatic rings. The second-order valence-electron chi connectivity index (χ2n) is 6.41. The molecule has 1 N–H and O–H groups in total. The third kappa shape index (κ3) is 2.11. The largest absolute Gasteiger partial charge is 0.310 e. The molecule has 0 spiro atoms. The van der Waals surface area contributed by atoms with Gasteiger partial charge in [0.1, 0.15) is 0 Å². The summed E-state index contributed by atoms with van der Waals surface area (Å²) in [6.45, 7) is 12.8. The second kappa shape index (κ2) is 4.09. The maximum absolute atomic E-state index is 4.17. The molecule has 0 amide bonds. The average molecular weight is 232 g/mol. The second-order valence-corrected chi connectivity index (χ2v) is 6.41. The van der Waals surface area contributed by atoms with Crippen LogP contribution in [0.3, 0.4) is 0 Å². The molecule has 1 aliphatic rings. The Hall–Kier alpha value is -0.890. The van der Waals surface area contributed by atoms with Crippen molar-refractivity contribution in [3.63, 3.8) is 0 Å². The van der Waals surface area contributed by atoms with Crippen LogP contribution in [-0.2, 0) is 0 Å². The van der Waals surface area contributed by atoms with E-state index in [1.165, 1.54) is 5.56 Å². The van der Waals surface area contributed by atoms with E-state index in [1.54, 1.807) is 0 Å². The van der Waals surface area contributed by atoms with Gasteiger partial charge in [0.25, 0.3) is 0 Å². The summed E-state index contributed by atoms with van der Waals surface area (Å²) in [6.07, 6.45) is 3.77. The van der Waals surface area contributed by atoms with Crippen molar-refractivity contribution < 1.29 is 0 Å². The highest BCUT2D eigenvalue weighted by atomic mass is 14.9. The van der Waals surface area contributed by atoms with E-state index in [2.05, 4.69) is 51.0 Å². The first-order valence-electron chi connectivity index (χ1n) is 6.50. The summed E-state index contributed by atoms with van der Waals surface area (Å²) in [6, 6.07) is 4.52. The molecule has 1 unspecified atom stereocenters.